The van der Waals surface area contributed by atoms with Crippen LogP contribution < -0.4 is 11.3 Å². The molecule has 0 unspecified atom stereocenters. The molecular formula is C9H12N2. The molecule has 2 nitrogen and oxygen atoms in total. The second-order valence-corrected chi connectivity index (χ2v) is 2.36. The molecule has 0 heterocycles. The van der Waals surface area contributed by atoms with Gasteiger partial charge in [0.25, 0.3) is 0 Å². The molecule has 0 radical (unpaired) electrons. The fourth-order valence-corrected chi connectivity index (χ4v) is 0.912. The van der Waals surface area contributed by atoms with Crippen LogP contribution in [-0.4, -0.2) is 0 Å². The molecule has 0 saturated carbocycles. The van der Waals surface area contributed by atoms with Crippen LogP contribution in [-0.2, 0) is 0 Å². The first-order valence-electron chi connectivity index (χ1n) is 3.53. The summed E-state index contributed by atoms with van der Waals surface area (Å²) < 4.78 is 0. The Kier molecular flexibility index (Phi) is 2.69. The number of nitrogens with two attached hydrogens (primary N) is 1. The van der Waals surface area contributed by atoms with Crippen LogP contribution in [0, 0.1) is 6.92 Å². The SMILES string of the molecule is Cc1ccccc1/C=C\NN. The van der Waals surface area contributed by atoms with E-state index in [1.807, 2.05) is 24.3 Å². The van der Waals surface area contributed by atoms with Gasteiger partial charge in [0.2, 0.25) is 0 Å². The van der Waals surface area contributed by atoms with Crippen molar-refractivity contribution in [3.63, 3.8) is 0 Å². The van der Waals surface area contributed by atoms with E-state index in [1.54, 1.807) is 6.20 Å². The summed E-state index contributed by atoms with van der Waals surface area (Å²) in [6, 6.07) is 8.13. The molecule has 58 valence electrons. The van der Waals surface area contributed by atoms with Crippen LogP contribution >= 0.6 is 0 Å². The third kappa shape index (κ3) is 2.09. The zero-order chi connectivity index (χ0) is 8.10. The Hall–Kier alpha value is -1.28. The molecule has 1 rings (SSSR count). The summed E-state index contributed by atoms with van der Waals surface area (Å²) in [6.45, 7) is 2.07. The van der Waals surface area contributed by atoms with Crippen molar-refractivity contribution in [1.29, 1.82) is 0 Å². The third-order valence-corrected chi connectivity index (χ3v) is 1.55. The quantitative estimate of drug-likeness (QED) is 0.492. The first-order chi connectivity index (χ1) is 5.34. The van der Waals surface area contributed by atoms with Gasteiger partial charge in [0.15, 0.2) is 0 Å². The number of hydrazine groups is 1. The Labute approximate surface area is 66.7 Å². The molecule has 11 heavy (non-hydrogen) atoms. The summed E-state index contributed by atoms with van der Waals surface area (Å²) in [6.07, 6.45) is 3.65. The molecule has 0 amide bonds. The van der Waals surface area contributed by atoms with E-state index >= 15 is 0 Å². The van der Waals surface area contributed by atoms with E-state index in [9.17, 15) is 0 Å². The Bertz CT molecular complexity index is 253. The fourth-order valence-electron chi connectivity index (χ4n) is 0.912. The van der Waals surface area contributed by atoms with Crippen LogP contribution in [0.1, 0.15) is 11.1 Å². The summed E-state index contributed by atoms with van der Waals surface area (Å²) in [7, 11) is 0. The number of nitrogens with one attached hydrogen (secondary N) is 1. The molecule has 0 aliphatic heterocycles. The van der Waals surface area contributed by atoms with Gasteiger partial charge in [-0.05, 0) is 24.1 Å². The highest BCUT2D eigenvalue weighted by Gasteiger charge is 1.88. The smallest absolute Gasteiger partial charge is 0.0129 e. The molecule has 0 atom stereocenters. The van der Waals surface area contributed by atoms with Crippen molar-refractivity contribution in [1.82, 2.24) is 5.43 Å². The van der Waals surface area contributed by atoms with Crippen molar-refractivity contribution in [2.45, 2.75) is 6.92 Å². The van der Waals surface area contributed by atoms with Gasteiger partial charge >= 0.3 is 0 Å². The Morgan fingerprint density at radius 1 is 1.36 bits per heavy atom. The largest absolute Gasteiger partial charge is 0.331 e. The highest BCUT2D eigenvalue weighted by molar-refractivity contribution is 5.52. The maximum atomic E-state index is 5.09. The van der Waals surface area contributed by atoms with Crippen LogP contribution in [0.4, 0.5) is 0 Å². The average molecular weight is 148 g/mol. The zero-order valence-electron chi connectivity index (χ0n) is 6.54. The van der Waals surface area contributed by atoms with Gasteiger partial charge in [0.05, 0.1) is 0 Å². The maximum absolute atomic E-state index is 5.09. The zero-order valence-corrected chi connectivity index (χ0v) is 6.54. The van der Waals surface area contributed by atoms with Crippen molar-refractivity contribution in [3.05, 3.63) is 41.6 Å². The number of rotatable bonds is 2. The van der Waals surface area contributed by atoms with Crippen LogP contribution in [0.25, 0.3) is 6.08 Å². The molecule has 0 spiro atoms. The minimum Gasteiger partial charge on any atom is -0.331 e. The normalized spacial score (nSPS) is 10.4. The number of hydrogen-bond acceptors (Lipinski definition) is 2. The van der Waals surface area contributed by atoms with Crippen molar-refractivity contribution >= 4 is 6.08 Å². The van der Waals surface area contributed by atoms with E-state index in [-0.39, 0.29) is 0 Å². The van der Waals surface area contributed by atoms with Gasteiger partial charge in [-0.25, -0.2) is 0 Å². The van der Waals surface area contributed by atoms with Crippen LogP contribution in [0.5, 0.6) is 0 Å². The van der Waals surface area contributed by atoms with Crippen molar-refractivity contribution in [2.24, 2.45) is 5.84 Å². The fraction of sp³-hybridized carbons (Fsp3) is 0.111. The summed E-state index contributed by atoms with van der Waals surface area (Å²) in [5, 5.41) is 0. The van der Waals surface area contributed by atoms with Gasteiger partial charge in [-0.15, -0.1) is 0 Å². The molecule has 1 aromatic carbocycles. The lowest BCUT2D eigenvalue weighted by molar-refractivity contribution is 0.974. The van der Waals surface area contributed by atoms with E-state index in [4.69, 9.17) is 5.84 Å². The lowest BCUT2D eigenvalue weighted by Crippen LogP contribution is -2.12. The monoisotopic (exact) mass is 148 g/mol. The summed E-state index contributed by atoms with van der Waals surface area (Å²) in [5.41, 5.74) is 4.90. The van der Waals surface area contributed by atoms with Gasteiger partial charge in [-0.1, -0.05) is 24.3 Å². The average Bonchev–Trinajstić information content (AvgIpc) is 2.03. The number of aryl methyl sites for hydroxylation is 1. The van der Waals surface area contributed by atoms with Gasteiger partial charge < -0.3 is 5.43 Å². The molecule has 0 aromatic heterocycles. The van der Waals surface area contributed by atoms with Crippen LogP contribution in [0.3, 0.4) is 0 Å². The van der Waals surface area contributed by atoms with E-state index in [1.165, 1.54) is 11.1 Å². The van der Waals surface area contributed by atoms with E-state index < -0.39 is 0 Å². The summed E-state index contributed by atoms with van der Waals surface area (Å²) in [5.74, 6) is 5.09. The standard InChI is InChI=1S/C9H12N2/c1-8-4-2-3-5-9(8)6-7-11-10/h2-7,11H,10H2,1H3/b7-6-. The van der Waals surface area contributed by atoms with Gasteiger partial charge in [-0.3, -0.25) is 5.84 Å². The molecule has 0 bridgehead atoms. The first-order valence-corrected chi connectivity index (χ1v) is 3.53. The van der Waals surface area contributed by atoms with Crippen LogP contribution in [0.2, 0.25) is 0 Å². The molecule has 1 aromatic rings. The molecular weight excluding hydrogens is 136 g/mol. The second-order valence-electron chi connectivity index (χ2n) is 2.36. The highest BCUT2D eigenvalue weighted by atomic mass is 15.2. The van der Waals surface area contributed by atoms with Crippen molar-refractivity contribution in [3.8, 4) is 0 Å². The minimum absolute atomic E-state index is 1.19. The summed E-state index contributed by atoms with van der Waals surface area (Å²) in [4.78, 5) is 0. The third-order valence-electron chi connectivity index (χ3n) is 1.55. The van der Waals surface area contributed by atoms with Gasteiger partial charge in [-0.2, -0.15) is 0 Å². The molecule has 0 aliphatic rings. The lowest BCUT2D eigenvalue weighted by Gasteiger charge is -1.97. The first kappa shape index (κ1) is 7.82. The minimum atomic E-state index is 1.19. The molecule has 3 N–H and O–H groups in total. The molecule has 0 saturated heterocycles. The summed E-state index contributed by atoms with van der Waals surface area (Å²) >= 11 is 0. The predicted octanol–water partition coefficient (Wildman–Crippen LogP) is 1.43. The van der Waals surface area contributed by atoms with Crippen molar-refractivity contribution < 1.29 is 0 Å². The van der Waals surface area contributed by atoms with Gasteiger partial charge in [0, 0.05) is 6.20 Å². The maximum Gasteiger partial charge on any atom is 0.0129 e. The predicted molar refractivity (Wildman–Crippen MR) is 47.5 cm³/mol. The van der Waals surface area contributed by atoms with E-state index in [0.717, 1.165) is 0 Å². The Morgan fingerprint density at radius 2 is 2.09 bits per heavy atom. The molecule has 0 aliphatic carbocycles. The van der Waals surface area contributed by atoms with Gasteiger partial charge in [0.1, 0.15) is 0 Å². The molecule has 2 heteroatoms. The Balaban J connectivity index is 2.86. The van der Waals surface area contributed by atoms with Crippen molar-refractivity contribution in [2.75, 3.05) is 0 Å². The van der Waals surface area contributed by atoms with E-state index in [0.29, 0.717) is 0 Å². The highest BCUT2D eigenvalue weighted by Crippen LogP contribution is 2.07. The lowest BCUT2D eigenvalue weighted by atomic mass is 10.1. The number of hydrogen-bond donors (Lipinski definition) is 2. The molecule has 0 fully saturated rings. The van der Waals surface area contributed by atoms with E-state index in [2.05, 4.69) is 18.4 Å². The van der Waals surface area contributed by atoms with Crippen LogP contribution in [0.15, 0.2) is 30.5 Å². The topological polar surface area (TPSA) is 38.0 Å². The number of benzene rings is 1. The second kappa shape index (κ2) is 3.78. The Morgan fingerprint density at radius 3 is 2.73 bits per heavy atom.